The normalized spacial score (nSPS) is 11.8. The van der Waals surface area contributed by atoms with E-state index in [1.807, 2.05) is 16.8 Å². The Labute approximate surface area is 116 Å². The first kappa shape index (κ1) is 13.4. The Balaban J connectivity index is 2.58. The van der Waals surface area contributed by atoms with Crippen molar-refractivity contribution in [2.24, 2.45) is 10.9 Å². The summed E-state index contributed by atoms with van der Waals surface area (Å²) in [6.07, 6.45) is 5.42. The highest BCUT2D eigenvalue weighted by Crippen LogP contribution is 2.21. The molecule has 3 N–H and O–H groups in total. The molecule has 0 atom stereocenters. The second kappa shape index (κ2) is 5.75. The molecule has 19 heavy (non-hydrogen) atoms. The van der Waals surface area contributed by atoms with Gasteiger partial charge in [0.1, 0.15) is 5.82 Å². The summed E-state index contributed by atoms with van der Waals surface area (Å²) in [7, 11) is 0. The maximum atomic E-state index is 8.87. The van der Waals surface area contributed by atoms with Crippen molar-refractivity contribution in [2.45, 2.75) is 19.8 Å². The number of imidazole rings is 1. The van der Waals surface area contributed by atoms with Crippen LogP contribution in [0, 0.1) is 0 Å². The van der Waals surface area contributed by atoms with Crippen molar-refractivity contribution >= 4 is 17.4 Å². The van der Waals surface area contributed by atoms with E-state index in [1.165, 1.54) is 0 Å². The number of aromatic nitrogens is 2. The smallest absolute Gasteiger partial charge is 0.172 e. The number of benzene rings is 1. The molecule has 5 nitrogen and oxygen atoms in total. The molecule has 2 rings (SSSR count). The van der Waals surface area contributed by atoms with Gasteiger partial charge in [0.15, 0.2) is 5.84 Å². The summed E-state index contributed by atoms with van der Waals surface area (Å²) in [5.41, 5.74) is 7.07. The van der Waals surface area contributed by atoms with Crippen LogP contribution in [0.2, 0.25) is 5.02 Å². The molecule has 0 saturated carbocycles. The number of hydrogen-bond acceptors (Lipinski definition) is 3. The third-order valence-electron chi connectivity index (χ3n) is 2.79. The molecule has 1 aromatic heterocycles. The number of nitrogens with two attached hydrogens (primary N) is 1. The van der Waals surface area contributed by atoms with Crippen LogP contribution in [0.15, 0.2) is 35.7 Å². The van der Waals surface area contributed by atoms with Gasteiger partial charge in [0, 0.05) is 29.4 Å². The van der Waals surface area contributed by atoms with Crippen molar-refractivity contribution in [3.63, 3.8) is 0 Å². The number of halogens is 1. The Bertz CT molecular complexity index is 606. The van der Waals surface area contributed by atoms with Crippen LogP contribution in [-0.4, -0.2) is 20.6 Å². The van der Waals surface area contributed by atoms with Crippen molar-refractivity contribution in [1.29, 1.82) is 0 Å². The van der Waals surface area contributed by atoms with Gasteiger partial charge in [-0.1, -0.05) is 23.7 Å². The fourth-order valence-electron chi connectivity index (χ4n) is 1.94. The van der Waals surface area contributed by atoms with E-state index < -0.39 is 0 Å². The van der Waals surface area contributed by atoms with Crippen molar-refractivity contribution in [3.8, 4) is 5.69 Å². The lowest BCUT2D eigenvalue weighted by molar-refractivity contribution is 0.318. The monoisotopic (exact) mass is 278 g/mol. The van der Waals surface area contributed by atoms with Gasteiger partial charge in [-0.25, -0.2) is 4.98 Å². The van der Waals surface area contributed by atoms with Gasteiger partial charge in [0.25, 0.3) is 0 Å². The Hall–Kier alpha value is -2.01. The Morgan fingerprint density at radius 2 is 2.32 bits per heavy atom. The van der Waals surface area contributed by atoms with Gasteiger partial charge in [0.2, 0.25) is 0 Å². The van der Waals surface area contributed by atoms with E-state index in [1.54, 1.807) is 18.3 Å². The first-order chi connectivity index (χ1) is 9.17. The van der Waals surface area contributed by atoms with Crippen LogP contribution in [-0.2, 0) is 6.42 Å². The number of nitrogens with zero attached hydrogens (tertiary/aromatic N) is 3. The standard InChI is InChI=1S/C13H15ClN4O/c1-2-3-12-16-6-7-18(12)11-5-4-9(14)8-10(11)13(15)17-19/h4-8,19H,2-3H2,1H3,(H2,15,17). The predicted octanol–water partition coefficient (Wildman–Crippen LogP) is 2.57. The number of oxime groups is 1. The Morgan fingerprint density at radius 1 is 1.53 bits per heavy atom. The van der Waals surface area contributed by atoms with Gasteiger partial charge in [-0.2, -0.15) is 0 Å². The van der Waals surface area contributed by atoms with Crippen LogP contribution in [0.4, 0.5) is 0 Å². The zero-order valence-electron chi connectivity index (χ0n) is 10.5. The van der Waals surface area contributed by atoms with E-state index >= 15 is 0 Å². The first-order valence-electron chi connectivity index (χ1n) is 5.97. The molecule has 0 bridgehead atoms. The Kier molecular flexibility index (Phi) is 4.06. The molecular weight excluding hydrogens is 264 g/mol. The molecule has 0 radical (unpaired) electrons. The van der Waals surface area contributed by atoms with Gasteiger partial charge in [-0.15, -0.1) is 0 Å². The number of hydrogen-bond donors (Lipinski definition) is 2. The van der Waals surface area contributed by atoms with E-state index in [9.17, 15) is 0 Å². The average Bonchev–Trinajstić information content (AvgIpc) is 2.86. The molecule has 2 aromatic rings. The summed E-state index contributed by atoms with van der Waals surface area (Å²) in [6, 6.07) is 5.26. The third-order valence-corrected chi connectivity index (χ3v) is 3.03. The SMILES string of the molecule is CCCc1nccn1-c1ccc(Cl)cc1C(N)=NO. The molecule has 1 aromatic carbocycles. The van der Waals surface area contributed by atoms with Crippen LogP contribution in [0.5, 0.6) is 0 Å². The minimum absolute atomic E-state index is 0.0219. The molecular formula is C13H15ClN4O. The second-order valence-electron chi connectivity index (χ2n) is 4.11. The summed E-state index contributed by atoms with van der Waals surface area (Å²) in [5, 5.41) is 12.4. The zero-order valence-corrected chi connectivity index (χ0v) is 11.3. The summed E-state index contributed by atoms with van der Waals surface area (Å²) >= 11 is 5.96. The van der Waals surface area contributed by atoms with Gasteiger partial charge in [-0.3, -0.25) is 0 Å². The predicted molar refractivity (Wildman–Crippen MR) is 75.1 cm³/mol. The lowest BCUT2D eigenvalue weighted by atomic mass is 10.1. The summed E-state index contributed by atoms with van der Waals surface area (Å²) < 4.78 is 1.92. The van der Waals surface area contributed by atoms with E-state index in [0.29, 0.717) is 10.6 Å². The first-order valence-corrected chi connectivity index (χ1v) is 6.35. The number of amidine groups is 1. The van der Waals surface area contributed by atoms with E-state index in [0.717, 1.165) is 24.4 Å². The fourth-order valence-corrected chi connectivity index (χ4v) is 2.11. The van der Waals surface area contributed by atoms with Crippen molar-refractivity contribution in [1.82, 2.24) is 9.55 Å². The molecule has 6 heteroatoms. The molecule has 0 saturated heterocycles. The van der Waals surface area contributed by atoms with Crippen LogP contribution < -0.4 is 5.73 Å². The largest absolute Gasteiger partial charge is 0.409 e. The lowest BCUT2D eigenvalue weighted by Crippen LogP contribution is -2.17. The third kappa shape index (κ3) is 2.71. The summed E-state index contributed by atoms with van der Waals surface area (Å²) in [5.74, 6) is 0.950. The van der Waals surface area contributed by atoms with Crippen molar-refractivity contribution in [3.05, 3.63) is 47.0 Å². The Morgan fingerprint density at radius 3 is 3.00 bits per heavy atom. The maximum Gasteiger partial charge on any atom is 0.172 e. The van der Waals surface area contributed by atoms with E-state index in [2.05, 4.69) is 17.1 Å². The van der Waals surface area contributed by atoms with E-state index in [4.69, 9.17) is 22.5 Å². The molecule has 0 fully saturated rings. The van der Waals surface area contributed by atoms with Gasteiger partial charge in [-0.05, 0) is 24.6 Å². The number of aryl methyl sites for hydroxylation is 1. The molecule has 0 aliphatic rings. The van der Waals surface area contributed by atoms with Crippen LogP contribution in [0.3, 0.4) is 0 Å². The molecule has 0 unspecified atom stereocenters. The fraction of sp³-hybridized carbons (Fsp3) is 0.231. The highest BCUT2D eigenvalue weighted by atomic mass is 35.5. The molecule has 100 valence electrons. The molecule has 0 aliphatic heterocycles. The highest BCUT2D eigenvalue weighted by Gasteiger charge is 2.12. The molecule has 0 aliphatic carbocycles. The average molecular weight is 279 g/mol. The van der Waals surface area contributed by atoms with Gasteiger partial charge >= 0.3 is 0 Å². The minimum atomic E-state index is 0.0219. The molecule has 0 spiro atoms. The quantitative estimate of drug-likeness (QED) is 0.391. The lowest BCUT2D eigenvalue weighted by Gasteiger charge is -2.12. The van der Waals surface area contributed by atoms with E-state index in [-0.39, 0.29) is 5.84 Å². The maximum absolute atomic E-state index is 8.87. The summed E-state index contributed by atoms with van der Waals surface area (Å²) in [6.45, 7) is 2.09. The zero-order chi connectivity index (χ0) is 13.8. The molecule has 1 heterocycles. The van der Waals surface area contributed by atoms with Crippen LogP contribution in [0.1, 0.15) is 24.7 Å². The van der Waals surface area contributed by atoms with Gasteiger partial charge in [0.05, 0.1) is 5.69 Å². The topological polar surface area (TPSA) is 76.4 Å². The second-order valence-corrected chi connectivity index (χ2v) is 4.55. The van der Waals surface area contributed by atoms with Crippen molar-refractivity contribution < 1.29 is 5.21 Å². The van der Waals surface area contributed by atoms with Crippen LogP contribution in [0.25, 0.3) is 5.69 Å². The summed E-state index contributed by atoms with van der Waals surface area (Å²) in [4.78, 5) is 4.32. The van der Waals surface area contributed by atoms with Crippen LogP contribution >= 0.6 is 11.6 Å². The molecule has 0 amide bonds. The highest BCUT2D eigenvalue weighted by molar-refractivity contribution is 6.31. The van der Waals surface area contributed by atoms with Crippen molar-refractivity contribution in [2.75, 3.05) is 0 Å². The minimum Gasteiger partial charge on any atom is -0.409 e. The number of rotatable bonds is 4. The van der Waals surface area contributed by atoms with Gasteiger partial charge < -0.3 is 15.5 Å².